The number of nitrogen functional groups attached to an aromatic ring is 1. The molecule has 1 aromatic rings. The normalized spacial score (nSPS) is 16.4. The molecule has 1 amide bonds. The van der Waals surface area contributed by atoms with Gasteiger partial charge in [-0.15, -0.1) is 0 Å². The second-order valence-corrected chi connectivity index (χ2v) is 4.43. The third-order valence-electron chi connectivity index (χ3n) is 3.24. The van der Waals surface area contributed by atoms with E-state index in [0.717, 1.165) is 0 Å². The van der Waals surface area contributed by atoms with E-state index in [2.05, 4.69) is 22.3 Å². The van der Waals surface area contributed by atoms with Crippen LogP contribution in [0.1, 0.15) is 30.3 Å². The van der Waals surface area contributed by atoms with Crippen LogP contribution in [0.15, 0.2) is 12.4 Å². The van der Waals surface area contributed by atoms with Gasteiger partial charge in [0, 0.05) is 13.1 Å². The predicted octanol–water partition coefficient (Wildman–Crippen LogP) is 0.633. The van der Waals surface area contributed by atoms with Crippen LogP contribution in [-0.4, -0.2) is 33.9 Å². The van der Waals surface area contributed by atoms with Crippen molar-refractivity contribution in [3.8, 4) is 0 Å². The van der Waals surface area contributed by atoms with E-state index < -0.39 is 0 Å². The zero-order valence-corrected chi connectivity index (χ0v) is 10.1. The predicted molar refractivity (Wildman–Crippen MR) is 64.1 cm³/mol. The Hall–Kier alpha value is -1.69. The number of nitrogens with zero attached hydrogens (tertiary/aromatic N) is 3. The van der Waals surface area contributed by atoms with Crippen molar-refractivity contribution in [1.82, 2.24) is 14.9 Å². The topological polar surface area (TPSA) is 84.1 Å². The second kappa shape index (κ2) is 4.67. The average Bonchev–Trinajstić information content (AvgIpc) is 3.20. The maximum atomic E-state index is 12.1. The molecule has 1 fully saturated rings. The number of hydrogen-bond donors (Lipinski definition) is 2. The van der Waals surface area contributed by atoms with Gasteiger partial charge in [-0.25, -0.2) is 10.8 Å². The number of hydrazine groups is 1. The molecule has 0 spiro atoms. The Morgan fingerprint density at radius 1 is 1.59 bits per heavy atom. The van der Waals surface area contributed by atoms with Crippen molar-refractivity contribution in [3.63, 3.8) is 0 Å². The van der Waals surface area contributed by atoms with E-state index in [4.69, 9.17) is 5.84 Å². The molecule has 17 heavy (non-hydrogen) atoms. The van der Waals surface area contributed by atoms with E-state index in [0.29, 0.717) is 17.4 Å². The minimum Gasteiger partial charge on any atom is -0.337 e. The van der Waals surface area contributed by atoms with E-state index in [-0.39, 0.29) is 11.9 Å². The number of aromatic nitrogens is 2. The van der Waals surface area contributed by atoms with Crippen molar-refractivity contribution in [1.29, 1.82) is 0 Å². The third kappa shape index (κ3) is 2.52. The molecule has 1 saturated carbocycles. The first-order valence-electron chi connectivity index (χ1n) is 5.69. The second-order valence-electron chi connectivity index (χ2n) is 4.43. The number of carbonyl (C=O) groups excluding carboxylic acids is 1. The van der Waals surface area contributed by atoms with Gasteiger partial charge in [0.15, 0.2) is 5.82 Å². The van der Waals surface area contributed by atoms with Crippen LogP contribution in [0.3, 0.4) is 0 Å². The van der Waals surface area contributed by atoms with Gasteiger partial charge in [0.25, 0.3) is 5.91 Å². The molecule has 0 radical (unpaired) electrons. The molecule has 92 valence electrons. The average molecular weight is 235 g/mol. The highest BCUT2D eigenvalue weighted by Crippen LogP contribution is 2.34. The minimum absolute atomic E-state index is 0.117. The fourth-order valence-electron chi connectivity index (χ4n) is 1.80. The Bertz CT molecular complexity index is 418. The van der Waals surface area contributed by atoms with Crippen LogP contribution in [0.5, 0.6) is 0 Å². The molecule has 6 heteroatoms. The lowest BCUT2D eigenvalue weighted by Gasteiger charge is -2.24. The standard InChI is InChI=1S/C11H17N5O/c1-7(8-3-4-8)16(2)11(17)9-5-13-6-10(14-9)15-12/h5-8H,3-4,12H2,1-2H3,(H,14,15). The highest BCUT2D eigenvalue weighted by molar-refractivity contribution is 5.92. The van der Waals surface area contributed by atoms with E-state index in [1.54, 1.807) is 11.9 Å². The van der Waals surface area contributed by atoms with Crippen molar-refractivity contribution in [3.05, 3.63) is 18.1 Å². The van der Waals surface area contributed by atoms with Crippen LogP contribution in [-0.2, 0) is 0 Å². The van der Waals surface area contributed by atoms with Crippen molar-refractivity contribution in [2.75, 3.05) is 12.5 Å². The van der Waals surface area contributed by atoms with Gasteiger partial charge in [-0.05, 0) is 25.7 Å². The maximum Gasteiger partial charge on any atom is 0.274 e. The maximum absolute atomic E-state index is 12.1. The third-order valence-corrected chi connectivity index (χ3v) is 3.24. The van der Waals surface area contributed by atoms with Crippen LogP contribution < -0.4 is 11.3 Å². The van der Waals surface area contributed by atoms with Crippen LogP contribution in [0.25, 0.3) is 0 Å². The molecule has 0 bridgehead atoms. The molecular formula is C11H17N5O. The Balaban J connectivity index is 2.11. The number of amides is 1. The summed E-state index contributed by atoms with van der Waals surface area (Å²) in [6, 6.07) is 0.249. The number of carbonyl (C=O) groups is 1. The molecule has 6 nitrogen and oxygen atoms in total. The summed E-state index contributed by atoms with van der Waals surface area (Å²) in [4.78, 5) is 21.9. The van der Waals surface area contributed by atoms with Crippen molar-refractivity contribution >= 4 is 11.7 Å². The highest BCUT2D eigenvalue weighted by atomic mass is 16.2. The molecule has 0 saturated heterocycles. The zero-order chi connectivity index (χ0) is 12.4. The monoisotopic (exact) mass is 235 g/mol. The first-order chi connectivity index (χ1) is 8.13. The lowest BCUT2D eigenvalue weighted by Crippen LogP contribution is -2.37. The smallest absolute Gasteiger partial charge is 0.274 e. The lowest BCUT2D eigenvalue weighted by molar-refractivity contribution is 0.0721. The summed E-state index contributed by atoms with van der Waals surface area (Å²) in [5.74, 6) is 6.14. The van der Waals surface area contributed by atoms with Crippen molar-refractivity contribution in [2.24, 2.45) is 11.8 Å². The molecule has 2 rings (SSSR count). The fourth-order valence-corrected chi connectivity index (χ4v) is 1.80. The van der Waals surface area contributed by atoms with Crippen LogP contribution in [0.4, 0.5) is 5.82 Å². The fraction of sp³-hybridized carbons (Fsp3) is 0.545. The summed E-state index contributed by atoms with van der Waals surface area (Å²) in [6.07, 6.45) is 5.34. The van der Waals surface area contributed by atoms with Gasteiger partial charge in [0.1, 0.15) is 5.69 Å². The molecule has 3 N–H and O–H groups in total. The Kier molecular flexibility index (Phi) is 3.23. The van der Waals surface area contributed by atoms with Crippen LogP contribution >= 0.6 is 0 Å². The molecule has 0 aliphatic heterocycles. The minimum atomic E-state index is -0.117. The largest absolute Gasteiger partial charge is 0.337 e. The van der Waals surface area contributed by atoms with Crippen LogP contribution in [0, 0.1) is 5.92 Å². The Morgan fingerprint density at radius 2 is 2.29 bits per heavy atom. The van der Waals surface area contributed by atoms with Gasteiger partial charge >= 0.3 is 0 Å². The van der Waals surface area contributed by atoms with E-state index in [1.807, 2.05) is 0 Å². The molecule has 1 aromatic heterocycles. The molecule has 1 aliphatic carbocycles. The van der Waals surface area contributed by atoms with Crippen LogP contribution in [0.2, 0.25) is 0 Å². The highest BCUT2D eigenvalue weighted by Gasteiger charge is 2.33. The lowest BCUT2D eigenvalue weighted by atomic mass is 10.2. The summed E-state index contributed by atoms with van der Waals surface area (Å²) in [5.41, 5.74) is 2.70. The molecule has 1 unspecified atom stereocenters. The van der Waals surface area contributed by atoms with E-state index in [1.165, 1.54) is 25.2 Å². The Labute approximate surface area is 100 Å². The molecule has 1 atom stereocenters. The van der Waals surface area contributed by atoms with Gasteiger partial charge < -0.3 is 10.3 Å². The SMILES string of the molecule is CC(C1CC1)N(C)C(=O)c1cncc(NN)n1. The van der Waals surface area contributed by atoms with Crippen molar-refractivity contribution < 1.29 is 4.79 Å². The first-order valence-corrected chi connectivity index (χ1v) is 5.69. The zero-order valence-electron chi connectivity index (χ0n) is 10.1. The number of hydrogen-bond acceptors (Lipinski definition) is 5. The van der Waals surface area contributed by atoms with Gasteiger partial charge in [0.05, 0.1) is 12.4 Å². The quantitative estimate of drug-likeness (QED) is 0.590. The summed E-state index contributed by atoms with van der Waals surface area (Å²) in [6.45, 7) is 2.06. The summed E-state index contributed by atoms with van der Waals surface area (Å²) < 4.78 is 0. The molecule has 0 aromatic carbocycles. The van der Waals surface area contributed by atoms with Gasteiger partial charge in [-0.1, -0.05) is 0 Å². The number of nitrogens with one attached hydrogen (secondary N) is 1. The number of nitrogens with two attached hydrogens (primary N) is 1. The van der Waals surface area contributed by atoms with Gasteiger partial charge in [0.2, 0.25) is 0 Å². The first kappa shape index (κ1) is 11.8. The number of rotatable bonds is 4. The summed E-state index contributed by atoms with van der Waals surface area (Å²) in [7, 11) is 1.80. The molecule has 1 heterocycles. The van der Waals surface area contributed by atoms with Gasteiger partial charge in [-0.2, -0.15) is 0 Å². The van der Waals surface area contributed by atoms with E-state index >= 15 is 0 Å². The molecule has 1 aliphatic rings. The number of anilines is 1. The van der Waals surface area contributed by atoms with E-state index in [9.17, 15) is 4.79 Å². The van der Waals surface area contributed by atoms with Gasteiger partial charge in [-0.3, -0.25) is 9.78 Å². The summed E-state index contributed by atoms with van der Waals surface area (Å²) in [5, 5.41) is 0. The van der Waals surface area contributed by atoms with Crippen molar-refractivity contribution in [2.45, 2.75) is 25.8 Å². The molecular weight excluding hydrogens is 218 g/mol. The summed E-state index contributed by atoms with van der Waals surface area (Å²) >= 11 is 0. The Morgan fingerprint density at radius 3 is 2.88 bits per heavy atom.